The van der Waals surface area contributed by atoms with Crippen LogP contribution in [0.4, 0.5) is 11.4 Å². The highest BCUT2D eigenvalue weighted by molar-refractivity contribution is 5.94. The maximum atomic E-state index is 11.0. The van der Waals surface area contributed by atoms with Crippen LogP contribution in [0.15, 0.2) is 18.2 Å². The minimum absolute atomic E-state index is 0.184. The molecule has 0 bridgehead atoms. The zero-order valence-electron chi connectivity index (χ0n) is 12.3. The van der Waals surface area contributed by atoms with Gasteiger partial charge in [0.1, 0.15) is 0 Å². The highest BCUT2D eigenvalue weighted by Crippen LogP contribution is 2.28. The van der Waals surface area contributed by atoms with Crippen molar-refractivity contribution in [3.8, 4) is 0 Å². The number of aromatic carboxylic acids is 1. The molecule has 1 aliphatic rings. The number of benzene rings is 1. The molecule has 0 spiro atoms. The van der Waals surface area contributed by atoms with Crippen molar-refractivity contribution in [1.82, 2.24) is 0 Å². The quantitative estimate of drug-likeness (QED) is 0.832. The standard InChI is InChI=1S/C16H24N2O2/c1-11(2)12-4-3-8-18(9-7-12)13-5-6-14(16(19)20)15(17)10-13/h5-6,10-12H,3-4,7-9,17H2,1-2H3,(H,19,20). The molecule has 1 saturated heterocycles. The number of nitrogen functional groups attached to an aromatic ring is 1. The summed E-state index contributed by atoms with van der Waals surface area (Å²) < 4.78 is 0. The van der Waals surface area contributed by atoms with Gasteiger partial charge in [-0.3, -0.25) is 0 Å². The van der Waals surface area contributed by atoms with E-state index in [-0.39, 0.29) is 5.56 Å². The second-order valence-corrected chi connectivity index (χ2v) is 6.00. The van der Waals surface area contributed by atoms with Gasteiger partial charge < -0.3 is 15.7 Å². The first-order valence-electron chi connectivity index (χ1n) is 7.37. The molecule has 0 aliphatic carbocycles. The topological polar surface area (TPSA) is 66.6 Å². The van der Waals surface area contributed by atoms with Crippen LogP contribution in [0.1, 0.15) is 43.5 Å². The number of carbonyl (C=O) groups is 1. The molecule has 0 radical (unpaired) electrons. The van der Waals surface area contributed by atoms with Crippen LogP contribution in [-0.4, -0.2) is 24.2 Å². The van der Waals surface area contributed by atoms with E-state index in [9.17, 15) is 4.79 Å². The van der Waals surface area contributed by atoms with Crippen molar-refractivity contribution in [3.63, 3.8) is 0 Å². The summed E-state index contributed by atoms with van der Waals surface area (Å²) in [6.45, 7) is 6.63. The van der Waals surface area contributed by atoms with E-state index in [0.29, 0.717) is 5.69 Å². The lowest BCUT2D eigenvalue weighted by molar-refractivity contribution is 0.0698. The Hall–Kier alpha value is -1.71. The lowest BCUT2D eigenvalue weighted by Crippen LogP contribution is -2.24. The third-order valence-electron chi connectivity index (χ3n) is 4.35. The minimum Gasteiger partial charge on any atom is -0.478 e. The molecule has 1 heterocycles. The van der Waals surface area contributed by atoms with Crippen LogP contribution in [0.2, 0.25) is 0 Å². The fraction of sp³-hybridized carbons (Fsp3) is 0.562. The fourth-order valence-corrected chi connectivity index (χ4v) is 2.99. The normalized spacial score (nSPS) is 19.9. The van der Waals surface area contributed by atoms with Crippen LogP contribution >= 0.6 is 0 Å². The molecule has 1 fully saturated rings. The van der Waals surface area contributed by atoms with Gasteiger partial charge in [-0.1, -0.05) is 13.8 Å². The summed E-state index contributed by atoms with van der Waals surface area (Å²) in [6, 6.07) is 5.27. The number of nitrogens with two attached hydrogens (primary N) is 1. The van der Waals surface area contributed by atoms with E-state index in [1.165, 1.54) is 19.3 Å². The molecule has 0 amide bonds. The van der Waals surface area contributed by atoms with Crippen LogP contribution in [0, 0.1) is 11.8 Å². The van der Waals surface area contributed by atoms with Crippen molar-refractivity contribution in [2.24, 2.45) is 11.8 Å². The Labute approximate surface area is 120 Å². The molecule has 2 rings (SSSR count). The molecule has 4 nitrogen and oxygen atoms in total. The highest BCUT2D eigenvalue weighted by Gasteiger charge is 2.20. The summed E-state index contributed by atoms with van der Waals surface area (Å²) in [5, 5.41) is 9.01. The van der Waals surface area contributed by atoms with E-state index in [1.807, 2.05) is 6.07 Å². The third kappa shape index (κ3) is 3.24. The Morgan fingerprint density at radius 3 is 2.70 bits per heavy atom. The number of nitrogens with zero attached hydrogens (tertiary/aromatic N) is 1. The van der Waals surface area contributed by atoms with Crippen LogP contribution in [0.25, 0.3) is 0 Å². The smallest absolute Gasteiger partial charge is 0.337 e. The Kier molecular flexibility index (Phi) is 4.53. The number of carboxylic acids is 1. The number of hydrogen-bond donors (Lipinski definition) is 2. The molecule has 110 valence electrons. The van der Waals surface area contributed by atoms with Gasteiger partial charge in [-0.05, 0) is 49.3 Å². The molecule has 1 aliphatic heterocycles. The molecule has 0 saturated carbocycles. The second-order valence-electron chi connectivity index (χ2n) is 6.00. The first-order valence-corrected chi connectivity index (χ1v) is 7.37. The van der Waals surface area contributed by atoms with Gasteiger partial charge in [0.05, 0.1) is 5.56 Å². The van der Waals surface area contributed by atoms with E-state index in [1.54, 1.807) is 12.1 Å². The molecular weight excluding hydrogens is 252 g/mol. The Morgan fingerprint density at radius 1 is 1.35 bits per heavy atom. The largest absolute Gasteiger partial charge is 0.478 e. The fourth-order valence-electron chi connectivity index (χ4n) is 2.99. The average molecular weight is 276 g/mol. The highest BCUT2D eigenvalue weighted by atomic mass is 16.4. The number of hydrogen-bond acceptors (Lipinski definition) is 3. The van der Waals surface area contributed by atoms with E-state index in [4.69, 9.17) is 10.8 Å². The monoisotopic (exact) mass is 276 g/mol. The molecule has 0 aromatic heterocycles. The van der Waals surface area contributed by atoms with Crippen molar-refractivity contribution in [1.29, 1.82) is 0 Å². The second kappa shape index (κ2) is 6.16. The van der Waals surface area contributed by atoms with Crippen LogP contribution < -0.4 is 10.6 Å². The van der Waals surface area contributed by atoms with E-state index < -0.39 is 5.97 Å². The van der Waals surface area contributed by atoms with Gasteiger partial charge >= 0.3 is 5.97 Å². The van der Waals surface area contributed by atoms with Crippen molar-refractivity contribution in [3.05, 3.63) is 23.8 Å². The number of rotatable bonds is 3. The van der Waals surface area contributed by atoms with Gasteiger partial charge in [0.15, 0.2) is 0 Å². The van der Waals surface area contributed by atoms with Crippen LogP contribution in [0.5, 0.6) is 0 Å². The molecule has 1 unspecified atom stereocenters. The SMILES string of the molecule is CC(C)C1CCCN(c2ccc(C(=O)O)c(N)c2)CC1. The van der Waals surface area contributed by atoms with E-state index in [2.05, 4.69) is 18.7 Å². The zero-order valence-corrected chi connectivity index (χ0v) is 12.3. The molecule has 1 atom stereocenters. The maximum Gasteiger partial charge on any atom is 0.337 e. The van der Waals surface area contributed by atoms with Crippen molar-refractivity contribution in [2.75, 3.05) is 23.7 Å². The van der Waals surface area contributed by atoms with Gasteiger partial charge in [-0.15, -0.1) is 0 Å². The van der Waals surface area contributed by atoms with Crippen LogP contribution in [-0.2, 0) is 0 Å². The van der Waals surface area contributed by atoms with Crippen molar-refractivity contribution < 1.29 is 9.90 Å². The zero-order chi connectivity index (χ0) is 14.7. The predicted octanol–water partition coefficient (Wildman–Crippen LogP) is 3.23. The molecule has 1 aromatic rings. The summed E-state index contributed by atoms with van der Waals surface area (Å²) in [5.74, 6) is 0.551. The summed E-state index contributed by atoms with van der Waals surface area (Å²) in [5.41, 5.74) is 7.41. The molecule has 3 N–H and O–H groups in total. The average Bonchev–Trinajstić information content (AvgIpc) is 2.63. The van der Waals surface area contributed by atoms with E-state index in [0.717, 1.165) is 30.6 Å². The van der Waals surface area contributed by atoms with Gasteiger partial charge in [0, 0.05) is 24.5 Å². The molecular formula is C16H24N2O2. The summed E-state index contributed by atoms with van der Waals surface area (Å²) in [7, 11) is 0. The Balaban J connectivity index is 2.12. The van der Waals surface area contributed by atoms with Gasteiger partial charge in [0.2, 0.25) is 0 Å². The van der Waals surface area contributed by atoms with E-state index >= 15 is 0 Å². The number of carboxylic acid groups (broad SMARTS) is 1. The first kappa shape index (κ1) is 14.7. The summed E-state index contributed by atoms with van der Waals surface area (Å²) in [4.78, 5) is 13.3. The first-order chi connectivity index (χ1) is 9.49. The lowest BCUT2D eigenvalue weighted by Gasteiger charge is -2.24. The minimum atomic E-state index is -0.968. The van der Waals surface area contributed by atoms with Gasteiger partial charge in [-0.2, -0.15) is 0 Å². The van der Waals surface area contributed by atoms with Gasteiger partial charge in [0.25, 0.3) is 0 Å². The Morgan fingerprint density at radius 2 is 2.10 bits per heavy atom. The molecule has 20 heavy (non-hydrogen) atoms. The molecule has 4 heteroatoms. The van der Waals surface area contributed by atoms with Crippen molar-refractivity contribution >= 4 is 17.3 Å². The molecule has 1 aromatic carbocycles. The summed E-state index contributed by atoms with van der Waals surface area (Å²) in [6.07, 6.45) is 3.65. The predicted molar refractivity (Wildman–Crippen MR) is 82.2 cm³/mol. The Bertz CT molecular complexity index is 485. The maximum absolute atomic E-state index is 11.0. The lowest BCUT2D eigenvalue weighted by atomic mass is 9.89. The van der Waals surface area contributed by atoms with Crippen LogP contribution in [0.3, 0.4) is 0 Å². The third-order valence-corrected chi connectivity index (χ3v) is 4.35. The van der Waals surface area contributed by atoms with Crippen molar-refractivity contribution in [2.45, 2.75) is 33.1 Å². The number of anilines is 2. The van der Waals surface area contributed by atoms with Gasteiger partial charge in [-0.25, -0.2) is 4.79 Å². The summed E-state index contributed by atoms with van der Waals surface area (Å²) >= 11 is 0.